The molecule has 0 radical (unpaired) electrons. The van der Waals surface area contributed by atoms with E-state index in [0.29, 0.717) is 0 Å². The fraction of sp³-hybridized carbons (Fsp3) is 0.909. The van der Waals surface area contributed by atoms with Crippen LogP contribution in [0.15, 0.2) is 5.11 Å². The molecule has 0 aromatic carbocycles. The molecule has 0 saturated carbocycles. The number of hydrogen-bond donors (Lipinski definition) is 1. The second-order valence-electron chi connectivity index (χ2n) is 5.13. The monoisotopic (exact) mass is 287 g/mol. The highest BCUT2D eigenvalue weighted by Crippen LogP contribution is 2.36. The minimum atomic E-state index is -1.25. The van der Waals surface area contributed by atoms with E-state index in [4.69, 9.17) is 24.5 Å². The molecule has 9 heteroatoms. The van der Waals surface area contributed by atoms with Crippen LogP contribution in [0.5, 0.6) is 0 Å². The standard InChI is InChI=1S/C11H17N3O6/c1-5(15)18-7-6(13-14-12)4-17-10(16)9-8(7)19-11(2,3)20-9/h6-10,16H,4H2,1-3H3/t6-,7+,8-,9-,10?/m0/s1. The first-order chi connectivity index (χ1) is 9.34. The summed E-state index contributed by atoms with van der Waals surface area (Å²) in [5.41, 5.74) is 8.60. The van der Waals surface area contributed by atoms with Crippen LogP contribution in [0.1, 0.15) is 20.8 Å². The van der Waals surface area contributed by atoms with Gasteiger partial charge in [-0.1, -0.05) is 5.11 Å². The van der Waals surface area contributed by atoms with E-state index in [9.17, 15) is 9.90 Å². The summed E-state index contributed by atoms with van der Waals surface area (Å²) in [5.74, 6) is -1.51. The van der Waals surface area contributed by atoms with Crippen LogP contribution in [0.2, 0.25) is 0 Å². The topological polar surface area (TPSA) is 123 Å². The van der Waals surface area contributed by atoms with Gasteiger partial charge in [0.05, 0.1) is 6.61 Å². The predicted octanol–water partition coefficient (Wildman–Crippen LogP) is 0.466. The molecule has 2 aliphatic heterocycles. The summed E-state index contributed by atoms with van der Waals surface area (Å²) in [4.78, 5) is 14.0. The van der Waals surface area contributed by atoms with Gasteiger partial charge in [0.15, 0.2) is 12.1 Å². The number of azide groups is 1. The zero-order valence-electron chi connectivity index (χ0n) is 11.4. The minimum Gasteiger partial charge on any atom is -0.459 e. The molecule has 2 aliphatic rings. The number of esters is 1. The van der Waals surface area contributed by atoms with Gasteiger partial charge in [0.25, 0.3) is 0 Å². The Morgan fingerprint density at radius 1 is 1.45 bits per heavy atom. The van der Waals surface area contributed by atoms with Crippen LogP contribution in [0, 0.1) is 0 Å². The zero-order valence-corrected chi connectivity index (χ0v) is 11.4. The lowest BCUT2D eigenvalue weighted by Crippen LogP contribution is -2.46. The molecular weight excluding hydrogens is 270 g/mol. The number of hydrogen-bond acceptors (Lipinski definition) is 7. The van der Waals surface area contributed by atoms with Crippen molar-refractivity contribution in [1.82, 2.24) is 0 Å². The van der Waals surface area contributed by atoms with Crippen LogP contribution < -0.4 is 0 Å². The molecule has 0 bridgehead atoms. The average molecular weight is 287 g/mol. The summed E-state index contributed by atoms with van der Waals surface area (Å²) < 4.78 is 21.6. The first kappa shape index (κ1) is 15.0. The van der Waals surface area contributed by atoms with Gasteiger partial charge in [-0.2, -0.15) is 0 Å². The summed E-state index contributed by atoms with van der Waals surface area (Å²) in [6, 6.07) is -0.800. The normalized spacial score (nSPS) is 39.3. The van der Waals surface area contributed by atoms with Gasteiger partial charge < -0.3 is 24.1 Å². The lowest BCUT2D eigenvalue weighted by atomic mass is 10.0. The van der Waals surface area contributed by atoms with E-state index in [0.717, 1.165) is 0 Å². The predicted molar refractivity (Wildman–Crippen MR) is 64.3 cm³/mol. The Morgan fingerprint density at radius 2 is 2.10 bits per heavy atom. The quantitative estimate of drug-likeness (QED) is 0.341. The number of carbonyl (C=O) groups excluding carboxylic acids is 1. The molecular formula is C11H17N3O6. The fourth-order valence-electron chi connectivity index (χ4n) is 2.40. The third kappa shape index (κ3) is 3.02. The van der Waals surface area contributed by atoms with Crippen molar-refractivity contribution >= 4 is 5.97 Å². The van der Waals surface area contributed by atoms with E-state index in [1.165, 1.54) is 6.92 Å². The lowest BCUT2D eigenvalue weighted by molar-refractivity contribution is -0.203. The van der Waals surface area contributed by atoms with E-state index in [2.05, 4.69) is 10.0 Å². The van der Waals surface area contributed by atoms with Gasteiger partial charge in [0, 0.05) is 11.8 Å². The number of nitrogens with zero attached hydrogens (tertiary/aromatic N) is 3. The Bertz CT molecular complexity index is 436. The molecule has 1 unspecified atom stereocenters. The van der Waals surface area contributed by atoms with Crippen LogP contribution in [0.3, 0.4) is 0 Å². The average Bonchev–Trinajstić information content (AvgIpc) is 2.62. The second kappa shape index (κ2) is 5.55. The van der Waals surface area contributed by atoms with Crippen LogP contribution in [0.25, 0.3) is 10.4 Å². The van der Waals surface area contributed by atoms with Gasteiger partial charge in [-0.25, -0.2) is 0 Å². The molecule has 9 nitrogen and oxygen atoms in total. The van der Waals surface area contributed by atoms with Gasteiger partial charge in [-0.05, 0) is 19.4 Å². The Labute approximate surface area is 115 Å². The van der Waals surface area contributed by atoms with Crippen molar-refractivity contribution in [2.75, 3.05) is 6.61 Å². The third-order valence-electron chi connectivity index (χ3n) is 3.09. The summed E-state index contributed by atoms with van der Waals surface area (Å²) in [7, 11) is 0. The van der Waals surface area contributed by atoms with Gasteiger partial charge in [-0.15, -0.1) is 0 Å². The molecule has 0 amide bonds. The molecule has 2 saturated heterocycles. The van der Waals surface area contributed by atoms with E-state index < -0.39 is 42.4 Å². The maximum Gasteiger partial charge on any atom is 0.303 e. The Hall–Kier alpha value is -1.38. The van der Waals surface area contributed by atoms with Crippen molar-refractivity contribution in [2.45, 2.75) is 57.2 Å². The number of fused-ring (bicyclic) bond motifs is 1. The molecule has 2 rings (SSSR count). The minimum absolute atomic E-state index is 0.0939. The van der Waals surface area contributed by atoms with Crippen LogP contribution in [-0.4, -0.2) is 54.1 Å². The first-order valence-corrected chi connectivity index (χ1v) is 6.21. The van der Waals surface area contributed by atoms with Crippen molar-refractivity contribution in [1.29, 1.82) is 0 Å². The molecule has 20 heavy (non-hydrogen) atoms. The SMILES string of the molecule is CC(=O)O[C@H]1[C@@H]2OC(C)(C)O[C@@H]2C(O)OC[C@@H]1N=[N+]=[N-]. The van der Waals surface area contributed by atoms with E-state index in [-0.39, 0.29) is 6.61 Å². The second-order valence-corrected chi connectivity index (χ2v) is 5.13. The zero-order chi connectivity index (χ0) is 14.9. The Balaban J connectivity index is 2.32. The van der Waals surface area contributed by atoms with E-state index in [1.807, 2.05) is 0 Å². The molecule has 0 aromatic heterocycles. The van der Waals surface area contributed by atoms with Gasteiger partial charge in [0.1, 0.15) is 24.4 Å². The highest BCUT2D eigenvalue weighted by molar-refractivity contribution is 5.66. The number of aliphatic hydroxyl groups excluding tert-OH is 1. The van der Waals surface area contributed by atoms with Crippen molar-refractivity contribution < 1.29 is 28.8 Å². The van der Waals surface area contributed by atoms with E-state index >= 15 is 0 Å². The number of carbonyl (C=O) groups is 1. The largest absolute Gasteiger partial charge is 0.459 e. The fourth-order valence-corrected chi connectivity index (χ4v) is 2.40. The highest BCUT2D eigenvalue weighted by Gasteiger charge is 2.53. The number of aliphatic hydroxyl groups is 1. The van der Waals surface area contributed by atoms with Crippen molar-refractivity contribution in [3.05, 3.63) is 10.4 Å². The molecule has 1 N–H and O–H groups in total. The summed E-state index contributed by atoms with van der Waals surface area (Å²) in [6.07, 6.45) is -3.74. The number of rotatable bonds is 2. The van der Waals surface area contributed by atoms with Gasteiger partial charge in [-0.3, -0.25) is 4.79 Å². The summed E-state index contributed by atoms with van der Waals surface area (Å²) in [6.45, 7) is 4.48. The first-order valence-electron chi connectivity index (χ1n) is 6.21. The van der Waals surface area contributed by atoms with Crippen LogP contribution in [0.4, 0.5) is 0 Å². The Morgan fingerprint density at radius 3 is 2.70 bits per heavy atom. The molecule has 5 atom stereocenters. The molecule has 2 heterocycles. The molecule has 0 spiro atoms. The van der Waals surface area contributed by atoms with Gasteiger partial charge >= 0.3 is 5.97 Å². The summed E-state index contributed by atoms with van der Waals surface area (Å²) in [5, 5.41) is 13.5. The molecule has 2 fully saturated rings. The molecule has 0 aliphatic carbocycles. The summed E-state index contributed by atoms with van der Waals surface area (Å²) >= 11 is 0. The third-order valence-corrected chi connectivity index (χ3v) is 3.09. The van der Waals surface area contributed by atoms with Crippen molar-refractivity contribution in [3.8, 4) is 0 Å². The smallest absolute Gasteiger partial charge is 0.303 e. The lowest BCUT2D eigenvalue weighted by Gasteiger charge is -2.27. The maximum absolute atomic E-state index is 11.2. The van der Waals surface area contributed by atoms with Gasteiger partial charge in [0.2, 0.25) is 0 Å². The maximum atomic E-state index is 11.2. The highest BCUT2D eigenvalue weighted by atomic mass is 16.8. The van der Waals surface area contributed by atoms with E-state index in [1.54, 1.807) is 13.8 Å². The molecule has 0 aromatic rings. The molecule has 112 valence electrons. The van der Waals surface area contributed by atoms with Crippen LogP contribution in [-0.2, 0) is 23.7 Å². The van der Waals surface area contributed by atoms with Crippen molar-refractivity contribution in [3.63, 3.8) is 0 Å². The van der Waals surface area contributed by atoms with Crippen molar-refractivity contribution in [2.24, 2.45) is 5.11 Å². The van der Waals surface area contributed by atoms with Crippen LogP contribution >= 0.6 is 0 Å². The number of ether oxygens (including phenoxy) is 4. The Kier molecular flexibility index (Phi) is 4.17.